The minimum atomic E-state index is -0.455. The monoisotopic (exact) mass is 424 g/mol. The van der Waals surface area contributed by atoms with Crippen molar-refractivity contribution in [2.45, 2.75) is 13.3 Å². The Morgan fingerprint density at radius 2 is 1.71 bits per heavy atom. The zero-order chi connectivity index (χ0) is 22.4. The van der Waals surface area contributed by atoms with E-state index in [0.29, 0.717) is 35.7 Å². The number of rotatable bonds is 9. The van der Waals surface area contributed by atoms with Gasteiger partial charge in [0.2, 0.25) is 0 Å². The van der Waals surface area contributed by atoms with Gasteiger partial charge in [0.05, 0.1) is 32.1 Å². The number of carbonyl (C=O) groups is 3. The van der Waals surface area contributed by atoms with Crippen LogP contribution in [0.5, 0.6) is 11.5 Å². The van der Waals surface area contributed by atoms with E-state index >= 15 is 0 Å². The summed E-state index contributed by atoms with van der Waals surface area (Å²) < 4.78 is 15.5. The van der Waals surface area contributed by atoms with E-state index in [9.17, 15) is 14.4 Å². The molecule has 2 aromatic rings. The van der Waals surface area contributed by atoms with Gasteiger partial charge in [-0.2, -0.15) is 0 Å². The third-order valence-electron chi connectivity index (χ3n) is 4.74. The topological polar surface area (TPSA) is 94.2 Å². The summed E-state index contributed by atoms with van der Waals surface area (Å²) in [6, 6.07) is 11.7. The number of hydrogen-bond donors (Lipinski definition) is 1. The van der Waals surface area contributed by atoms with Gasteiger partial charge in [-0.25, -0.2) is 9.69 Å². The molecular formula is C23H24N2O6. The van der Waals surface area contributed by atoms with Crippen LogP contribution in [0.25, 0.3) is 0 Å². The van der Waals surface area contributed by atoms with Gasteiger partial charge >= 0.3 is 5.97 Å². The third-order valence-corrected chi connectivity index (χ3v) is 4.74. The maximum absolute atomic E-state index is 12.7. The molecule has 31 heavy (non-hydrogen) atoms. The van der Waals surface area contributed by atoms with Crippen molar-refractivity contribution < 1.29 is 28.6 Å². The fourth-order valence-corrected chi connectivity index (χ4v) is 3.18. The van der Waals surface area contributed by atoms with Crippen molar-refractivity contribution in [3.63, 3.8) is 0 Å². The molecule has 1 N–H and O–H groups in total. The Kier molecular flexibility index (Phi) is 6.92. The first-order valence-corrected chi connectivity index (χ1v) is 9.80. The van der Waals surface area contributed by atoms with E-state index in [1.54, 1.807) is 33.3 Å². The van der Waals surface area contributed by atoms with Gasteiger partial charge in [0.1, 0.15) is 5.70 Å². The van der Waals surface area contributed by atoms with E-state index in [4.69, 9.17) is 14.2 Å². The zero-order valence-corrected chi connectivity index (χ0v) is 17.6. The maximum atomic E-state index is 12.7. The van der Waals surface area contributed by atoms with E-state index in [1.165, 1.54) is 18.2 Å². The van der Waals surface area contributed by atoms with Crippen LogP contribution in [-0.4, -0.2) is 45.2 Å². The van der Waals surface area contributed by atoms with Crippen molar-refractivity contribution in [1.29, 1.82) is 0 Å². The van der Waals surface area contributed by atoms with Crippen molar-refractivity contribution in [3.8, 4) is 11.5 Å². The van der Waals surface area contributed by atoms with Gasteiger partial charge < -0.3 is 19.5 Å². The first-order chi connectivity index (χ1) is 15.0. The van der Waals surface area contributed by atoms with Gasteiger partial charge in [0.15, 0.2) is 11.5 Å². The maximum Gasteiger partial charge on any atom is 0.338 e. The Bertz CT molecular complexity index is 1010. The van der Waals surface area contributed by atoms with Crippen molar-refractivity contribution in [3.05, 3.63) is 65.4 Å². The summed E-state index contributed by atoms with van der Waals surface area (Å²) in [5, 5.41) is 3.03. The van der Waals surface area contributed by atoms with E-state index in [0.717, 1.165) is 10.5 Å². The third kappa shape index (κ3) is 4.85. The molecule has 0 saturated carbocycles. The van der Waals surface area contributed by atoms with Crippen LogP contribution in [0.4, 0.5) is 5.69 Å². The Morgan fingerprint density at radius 1 is 1.00 bits per heavy atom. The molecule has 1 heterocycles. The molecule has 3 rings (SSSR count). The molecular weight excluding hydrogens is 400 g/mol. The summed E-state index contributed by atoms with van der Waals surface area (Å²) in [7, 11) is 3.14. The summed E-state index contributed by atoms with van der Waals surface area (Å²) in [4.78, 5) is 37.9. The Morgan fingerprint density at radius 3 is 2.35 bits per heavy atom. The number of nitrogens with zero attached hydrogens (tertiary/aromatic N) is 1. The normalized spacial score (nSPS) is 13.1. The lowest BCUT2D eigenvalue weighted by atomic mass is 10.1. The highest BCUT2D eigenvalue weighted by Crippen LogP contribution is 2.28. The minimum absolute atomic E-state index is 0.222. The van der Waals surface area contributed by atoms with Crippen LogP contribution >= 0.6 is 0 Å². The lowest BCUT2D eigenvalue weighted by Gasteiger charge is -2.16. The number of amides is 2. The number of nitrogens with one attached hydrogen (secondary N) is 1. The first-order valence-electron chi connectivity index (χ1n) is 9.80. The second-order valence-corrected chi connectivity index (χ2v) is 6.67. The van der Waals surface area contributed by atoms with Crippen LogP contribution in [0.2, 0.25) is 0 Å². The highest BCUT2D eigenvalue weighted by Gasteiger charge is 2.32. The largest absolute Gasteiger partial charge is 0.493 e. The van der Waals surface area contributed by atoms with E-state index in [-0.39, 0.29) is 12.3 Å². The molecule has 162 valence electrons. The van der Waals surface area contributed by atoms with Crippen LogP contribution in [-0.2, 0) is 20.7 Å². The smallest absolute Gasteiger partial charge is 0.338 e. The van der Waals surface area contributed by atoms with Gasteiger partial charge in [-0.1, -0.05) is 6.07 Å². The van der Waals surface area contributed by atoms with Crippen LogP contribution in [0, 0.1) is 0 Å². The fourth-order valence-electron chi connectivity index (χ4n) is 3.18. The second-order valence-electron chi connectivity index (χ2n) is 6.67. The van der Waals surface area contributed by atoms with Crippen molar-refractivity contribution in [2.75, 3.05) is 32.3 Å². The molecule has 0 atom stereocenters. The SMILES string of the molecule is CCOC(=O)c1ccc(N2C(=O)C=C(NCCc3ccc(OC)c(OC)c3)C2=O)cc1. The molecule has 0 radical (unpaired) electrons. The second kappa shape index (κ2) is 9.80. The molecule has 0 spiro atoms. The molecule has 8 nitrogen and oxygen atoms in total. The molecule has 0 bridgehead atoms. The van der Waals surface area contributed by atoms with Gasteiger partial charge in [-0.05, 0) is 55.3 Å². The summed E-state index contributed by atoms with van der Waals surface area (Å²) in [6.45, 7) is 2.45. The van der Waals surface area contributed by atoms with Gasteiger partial charge in [-0.3, -0.25) is 9.59 Å². The molecule has 2 amide bonds. The molecule has 0 fully saturated rings. The molecule has 0 aliphatic carbocycles. The number of imide groups is 1. The van der Waals surface area contributed by atoms with E-state index in [2.05, 4.69) is 5.32 Å². The standard InChI is InChI=1S/C23H24N2O6/c1-4-31-23(28)16-6-8-17(9-7-16)25-21(26)14-18(22(25)27)24-12-11-15-5-10-19(29-2)20(13-15)30-3/h5-10,13-14,24H,4,11-12H2,1-3H3. The number of benzene rings is 2. The van der Waals surface area contributed by atoms with Crippen molar-refractivity contribution >= 4 is 23.5 Å². The molecule has 2 aromatic carbocycles. The summed E-state index contributed by atoms with van der Waals surface area (Å²) in [5.41, 5.74) is 1.95. The van der Waals surface area contributed by atoms with Crippen molar-refractivity contribution in [1.82, 2.24) is 5.32 Å². The Hall–Kier alpha value is -3.81. The summed E-state index contributed by atoms with van der Waals surface area (Å²) in [5.74, 6) is -0.0701. The lowest BCUT2D eigenvalue weighted by molar-refractivity contribution is -0.120. The molecule has 0 unspecified atom stereocenters. The van der Waals surface area contributed by atoms with E-state index < -0.39 is 17.8 Å². The van der Waals surface area contributed by atoms with Crippen LogP contribution in [0.15, 0.2) is 54.2 Å². The predicted molar refractivity (Wildman–Crippen MR) is 114 cm³/mol. The van der Waals surface area contributed by atoms with Gasteiger partial charge in [0, 0.05) is 12.6 Å². The van der Waals surface area contributed by atoms with Gasteiger partial charge in [0.25, 0.3) is 11.8 Å². The van der Waals surface area contributed by atoms with E-state index in [1.807, 2.05) is 18.2 Å². The molecule has 8 heteroatoms. The lowest BCUT2D eigenvalue weighted by Crippen LogP contribution is -2.33. The Balaban J connectivity index is 1.61. The number of ether oxygens (including phenoxy) is 3. The number of hydrogen-bond acceptors (Lipinski definition) is 7. The number of anilines is 1. The van der Waals surface area contributed by atoms with Crippen LogP contribution < -0.4 is 19.7 Å². The summed E-state index contributed by atoms with van der Waals surface area (Å²) in [6.07, 6.45) is 1.89. The first kappa shape index (κ1) is 21.9. The number of methoxy groups -OCH3 is 2. The highest BCUT2D eigenvalue weighted by atomic mass is 16.5. The molecule has 0 saturated heterocycles. The van der Waals surface area contributed by atoms with Crippen LogP contribution in [0.1, 0.15) is 22.8 Å². The zero-order valence-electron chi connectivity index (χ0n) is 17.6. The fraction of sp³-hybridized carbons (Fsp3) is 0.261. The molecule has 1 aliphatic rings. The van der Waals surface area contributed by atoms with Crippen LogP contribution in [0.3, 0.4) is 0 Å². The number of esters is 1. The number of carbonyl (C=O) groups excluding carboxylic acids is 3. The highest BCUT2D eigenvalue weighted by molar-refractivity contribution is 6.30. The summed E-state index contributed by atoms with van der Waals surface area (Å²) >= 11 is 0. The predicted octanol–water partition coefficient (Wildman–Crippen LogP) is 2.47. The molecule has 0 aromatic heterocycles. The average Bonchev–Trinajstić information content (AvgIpc) is 3.06. The minimum Gasteiger partial charge on any atom is -0.493 e. The Labute approximate surface area is 180 Å². The van der Waals surface area contributed by atoms with Gasteiger partial charge in [-0.15, -0.1) is 0 Å². The molecule has 1 aliphatic heterocycles. The quantitative estimate of drug-likeness (QED) is 0.488. The average molecular weight is 424 g/mol. The van der Waals surface area contributed by atoms with Crippen molar-refractivity contribution in [2.24, 2.45) is 0 Å².